The summed E-state index contributed by atoms with van der Waals surface area (Å²) in [5.41, 5.74) is 6.17. The molecule has 0 unspecified atom stereocenters. The van der Waals surface area contributed by atoms with Gasteiger partial charge in [-0.1, -0.05) is 90.8 Å². The quantitative estimate of drug-likeness (QED) is 0.197. The number of nitrogens with zero attached hydrogens (tertiary/aromatic N) is 1. The Kier molecular flexibility index (Phi) is 11.6. The molecule has 240 valence electrons. The van der Waals surface area contributed by atoms with Gasteiger partial charge in [0.25, 0.3) is 0 Å². The predicted octanol–water partition coefficient (Wildman–Crippen LogP) is 9.37. The van der Waals surface area contributed by atoms with E-state index < -0.39 is 0 Å². The summed E-state index contributed by atoms with van der Waals surface area (Å²) < 4.78 is 33.0. The minimum absolute atomic E-state index is 0.0155. The highest BCUT2D eigenvalue weighted by Crippen LogP contribution is 2.41. The van der Waals surface area contributed by atoms with Gasteiger partial charge in [0.2, 0.25) is 0 Å². The lowest BCUT2D eigenvalue weighted by molar-refractivity contribution is 0.312. The van der Waals surface area contributed by atoms with Gasteiger partial charge < -0.3 is 10.1 Å². The van der Waals surface area contributed by atoms with Crippen molar-refractivity contribution in [3.63, 3.8) is 0 Å². The number of benzene rings is 3. The number of methoxy groups -OCH3 is 1. The van der Waals surface area contributed by atoms with Gasteiger partial charge in [0.15, 0.2) is 0 Å². The first-order chi connectivity index (χ1) is 20.8. The van der Waals surface area contributed by atoms with E-state index in [0.717, 1.165) is 75.3 Å². The Balaban J connectivity index is 1.22. The molecule has 5 heteroatoms. The lowest BCUT2D eigenvalue weighted by Gasteiger charge is -2.30. The average molecular weight is 605 g/mol. The van der Waals surface area contributed by atoms with E-state index in [1.807, 2.05) is 24.3 Å². The molecule has 0 spiro atoms. The minimum atomic E-state index is -0.229. The van der Waals surface area contributed by atoms with Crippen LogP contribution in [-0.4, -0.2) is 38.2 Å². The number of halogens is 2. The largest absolute Gasteiger partial charge is 0.496 e. The molecule has 3 aromatic rings. The van der Waals surface area contributed by atoms with Crippen LogP contribution in [0.5, 0.6) is 5.75 Å². The van der Waals surface area contributed by atoms with Crippen LogP contribution in [0, 0.1) is 17.6 Å². The van der Waals surface area contributed by atoms with Crippen LogP contribution in [0.1, 0.15) is 107 Å². The summed E-state index contributed by atoms with van der Waals surface area (Å²) in [5, 5.41) is 3.72. The van der Waals surface area contributed by atoms with Crippen LogP contribution >= 0.6 is 0 Å². The third-order valence-corrected chi connectivity index (χ3v) is 9.07. The molecule has 1 heterocycles. The first-order valence-corrected chi connectivity index (χ1v) is 16.5. The molecule has 0 aromatic heterocycles. The fourth-order valence-electron chi connectivity index (χ4n) is 6.59. The molecule has 0 saturated carbocycles. The molecule has 0 aliphatic carbocycles. The molecule has 4 rings (SSSR count). The van der Waals surface area contributed by atoms with Gasteiger partial charge in [0.05, 0.1) is 7.11 Å². The van der Waals surface area contributed by atoms with E-state index in [9.17, 15) is 8.78 Å². The number of hydrogen-bond acceptors (Lipinski definition) is 3. The van der Waals surface area contributed by atoms with Crippen LogP contribution in [0.25, 0.3) is 0 Å². The van der Waals surface area contributed by atoms with E-state index >= 15 is 0 Å². The molecule has 0 radical (unpaired) electrons. The van der Waals surface area contributed by atoms with Gasteiger partial charge in [-0.3, -0.25) is 4.90 Å². The topological polar surface area (TPSA) is 24.5 Å². The Morgan fingerprint density at radius 1 is 0.818 bits per heavy atom. The monoisotopic (exact) mass is 604 g/mol. The van der Waals surface area contributed by atoms with Crippen molar-refractivity contribution < 1.29 is 13.5 Å². The van der Waals surface area contributed by atoms with E-state index in [1.165, 1.54) is 47.4 Å². The van der Waals surface area contributed by atoms with Crippen molar-refractivity contribution in [3.05, 3.63) is 100 Å². The zero-order valence-corrected chi connectivity index (χ0v) is 28.1. The summed E-state index contributed by atoms with van der Waals surface area (Å²) in [5.74, 6) is 1.41. The van der Waals surface area contributed by atoms with Crippen molar-refractivity contribution in [1.29, 1.82) is 0 Å². The van der Waals surface area contributed by atoms with E-state index in [-0.39, 0.29) is 28.4 Å². The van der Waals surface area contributed by atoms with Crippen molar-refractivity contribution >= 4 is 0 Å². The van der Waals surface area contributed by atoms with Crippen molar-refractivity contribution in [3.8, 4) is 5.75 Å². The molecule has 1 atom stereocenters. The summed E-state index contributed by atoms with van der Waals surface area (Å²) >= 11 is 0. The van der Waals surface area contributed by atoms with Crippen molar-refractivity contribution in [2.45, 2.75) is 96.9 Å². The summed E-state index contributed by atoms with van der Waals surface area (Å²) in [6, 6.07) is 18.2. The van der Waals surface area contributed by atoms with E-state index in [2.05, 4.69) is 63.9 Å². The number of rotatable bonds is 13. The molecule has 1 saturated heterocycles. The standard InChI is InChI=1S/C39H54F2N2O/c1-38(2,3)35-23-29(24-36(37(35)44-7)39(4,5)6)27-43-22-20-28(26-43)25-42-21-10-8-9-11-34(30-12-16-32(40)17-13-30)31-14-18-33(41)19-15-31/h12-19,23-24,28,34,42H,8-11,20-22,25-27H2,1-7H3/t28-/m0/s1. The minimum Gasteiger partial charge on any atom is -0.496 e. The SMILES string of the molecule is COc1c(C(C)(C)C)cc(CN2CC[C@@H](CNCCCCCC(c3ccc(F)cc3)c3ccc(F)cc3)C2)cc1C(C)(C)C. The molecule has 1 aliphatic heterocycles. The van der Waals surface area contributed by atoms with Gasteiger partial charge >= 0.3 is 0 Å². The van der Waals surface area contributed by atoms with E-state index in [0.29, 0.717) is 5.92 Å². The first kappa shape index (κ1) is 34.1. The summed E-state index contributed by atoms with van der Waals surface area (Å²) in [6.07, 6.45) is 5.54. The maximum atomic E-state index is 13.5. The van der Waals surface area contributed by atoms with Gasteiger partial charge in [0, 0.05) is 30.1 Å². The predicted molar refractivity (Wildman–Crippen MR) is 180 cm³/mol. The van der Waals surface area contributed by atoms with Crippen molar-refractivity contribution in [2.75, 3.05) is 33.3 Å². The Hall–Kier alpha value is -2.76. The van der Waals surface area contributed by atoms with Crippen LogP contribution < -0.4 is 10.1 Å². The average Bonchev–Trinajstić information content (AvgIpc) is 3.41. The smallest absolute Gasteiger partial charge is 0.126 e. The Bertz CT molecular complexity index is 1240. The second-order valence-corrected chi connectivity index (χ2v) is 14.8. The Labute approximate surface area is 265 Å². The number of likely N-dealkylation sites (tertiary alicyclic amines) is 1. The number of unbranched alkanes of at least 4 members (excludes halogenated alkanes) is 2. The summed E-state index contributed by atoms with van der Waals surface area (Å²) in [4.78, 5) is 2.61. The first-order valence-electron chi connectivity index (χ1n) is 16.5. The highest BCUT2D eigenvalue weighted by atomic mass is 19.1. The Morgan fingerprint density at radius 2 is 1.36 bits per heavy atom. The summed E-state index contributed by atoms with van der Waals surface area (Å²) in [7, 11) is 1.80. The van der Waals surface area contributed by atoms with Gasteiger partial charge in [0.1, 0.15) is 17.4 Å². The molecular formula is C39H54F2N2O. The van der Waals surface area contributed by atoms with Crippen LogP contribution in [0.3, 0.4) is 0 Å². The van der Waals surface area contributed by atoms with Gasteiger partial charge in [-0.05, 0) is 96.6 Å². The van der Waals surface area contributed by atoms with Crippen molar-refractivity contribution in [1.82, 2.24) is 10.2 Å². The molecule has 3 nitrogen and oxygen atoms in total. The third kappa shape index (κ3) is 9.37. The van der Waals surface area contributed by atoms with Crippen LogP contribution in [0.4, 0.5) is 8.78 Å². The normalized spacial score (nSPS) is 16.2. The van der Waals surface area contributed by atoms with Gasteiger partial charge in [-0.25, -0.2) is 8.78 Å². The van der Waals surface area contributed by atoms with E-state index in [1.54, 1.807) is 7.11 Å². The van der Waals surface area contributed by atoms with Crippen molar-refractivity contribution in [2.24, 2.45) is 5.92 Å². The van der Waals surface area contributed by atoms with Gasteiger partial charge in [-0.2, -0.15) is 0 Å². The zero-order valence-electron chi connectivity index (χ0n) is 28.1. The second kappa shape index (κ2) is 15.0. The molecule has 1 aliphatic rings. The number of ether oxygens (including phenoxy) is 1. The van der Waals surface area contributed by atoms with E-state index in [4.69, 9.17) is 4.74 Å². The van der Waals surface area contributed by atoms with Crippen LogP contribution in [0.15, 0.2) is 60.7 Å². The highest BCUT2D eigenvalue weighted by Gasteiger charge is 2.29. The number of nitrogens with one attached hydrogen (secondary N) is 1. The summed E-state index contributed by atoms with van der Waals surface area (Å²) in [6.45, 7) is 19.0. The molecule has 0 amide bonds. The highest BCUT2D eigenvalue weighted by molar-refractivity contribution is 5.51. The molecule has 0 bridgehead atoms. The zero-order chi connectivity index (χ0) is 31.9. The molecular weight excluding hydrogens is 550 g/mol. The maximum Gasteiger partial charge on any atom is 0.126 e. The Morgan fingerprint density at radius 3 is 1.86 bits per heavy atom. The lowest BCUT2D eigenvalue weighted by atomic mass is 9.78. The second-order valence-electron chi connectivity index (χ2n) is 14.8. The molecule has 44 heavy (non-hydrogen) atoms. The maximum absolute atomic E-state index is 13.5. The molecule has 1 fully saturated rings. The molecule has 1 N–H and O–H groups in total. The van der Waals surface area contributed by atoms with Crippen LogP contribution in [0.2, 0.25) is 0 Å². The number of hydrogen-bond donors (Lipinski definition) is 1. The van der Waals surface area contributed by atoms with Gasteiger partial charge in [-0.15, -0.1) is 0 Å². The lowest BCUT2D eigenvalue weighted by Crippen LogP contribution is -2.27. The van der Waals surface area contributed by atoms with Crippen LogP contribution in [-0.2, 0) is 17.4 Å². The molecule has 3 aromatic carbocycles. The fraction of sp³-hybridized carbons (Fsp3) is 0.538. The third-order valence-electron chi connectivity index (χ3n) is 9.07. The fourth-order valence-corrected chi connectivity index (χ4v) is 6.59.